The summed E-state index contributed by atoms with van der Waals surface area (Å²) in [7, 11) is 4.93. The van der Waals surface area contributed by atoms with Gasteiger partial charge in [-0.05, 0) is 48.2 Å². The van der Waals surface area contributed by atoms with Crippen LogP contribution in [0.1, 0.15) is 30.0 Å². The largest absolute Gasteiger partial charge is 0.495 e. The minimum absolute atomic E-state index is 0.00764. The molecule has 1 unspecified atom stereocenters. The highest BCUT2D eigenvalue weighted by molar-refractivity contribution is 5.86. The molecule has 1 heterocycles. The fourth-order valence-corrected chi connectivity index (χ4v) is 4.15. The third-order valence-corrected chi connectivity index (χ3v) is 5.61. The number of carbonyl (C=O) groups excluding carboxylic acids is 1. The van der Waals surface area contributed by atoms with Gasteiger partial charge in [0.2, 0.25) is 5.91 Å². The van der Waals surface area contributed by atoms with Crippen molar-refractivity contribution >= 4 is 16.8 Å². The van der Waals surface area contributed by atoms with E-state index >= 15 is 0 Å². The molecule has 0 radical (unpaired) electrons. The van der Waals surface area contributed by atoms with Crippen molar-refractivity contribution in [1.82, 2.24) is 9.88 Å². The van der Waals surface area contributed by atoms with Gasteiger partial charge in [0.05, 0.1) is 32.9 Å². The molecule has 0 saturated heterocycles. The number of nitrogens with one attached hydrogen (secondary N) is 1. The van der Waals surface area contributed by atoms with Crippen LogP contribution in [0.3, 0.4) is 0 Å². The van der Waals surface area contributed by atoms with Crippen molar-refractivity contribution in [1.29, 1.82) is 0 Å². The summed E-state index contributed by atoms with van der Waals surface area (Å²) in [6, 6.07) is 12.0. The average Bonchev–Trinajstić information content (AvgIpc) is 3.34. The van der Waals surface area contributed by atoms with Gasteiger partial charge in [0.1, 0.15) is 5.75 Å². The SMILES string of the molecule is COc1cc2c(cc1OC)C(NC(=O)CCn1ccc3cccc(OC)c31)CC2. The molecule has 0 spiro atoms. The summed E-state index contributed by atoms with van der Waals surface area (Å²) in [5, 5.41) is 4.29. The highest BCUT2D eigenvalue weighted by Gasteiger charge is 2.26. The van der Waals surface area contributed by atoms with Crippen LogP contribution in [0.5, 0.6) is 17.2 Å². The molecule has 1 N–H and O–H groups in total. The smallest absolute Gasteiger partial charge is 0.222 e. The molecule has 6 heteroatoms. The lowest BCUT2D eigenvalue weighted by atomic mass is 10.1. The van der Waals surface area contributed by atoms with E-state index in [1.54, 1.807) is 21.3 Å². The standard InChI is InChI=1S/C23H26N2O4/c1-27-19-6-4-5-15-9-11-25(23(15)19)12-10-22(26)24-18-8-7-16-13-20(28-2)21(29-3)14-17(16)18/h4-6,9,11,13-14,18H,7-8,10,12H2,1-3H3,(H,24,26). The van der Waals surface area contributed by atoms with Crippen LogP contribution in [0, 0.1) is 0 Å². The monoisotopic (exact) mass is 394 g/mol. The van der Waals surface area contributed by atoms with E-state index in [0.717, 1.165) is 40.8 Å². The molecule has 6 nitrogen and oxygen atoms in total. The molecule has 1 aliphatic rings. The predicted molar refractivity (Wildman–Crippen MR) is 112 cm³/mol. The zero-order valence-corrected chi connectivity index (χ0v) is 17.0. The first-order chi connectivity index (χ1) is 14.1. The second-order valence-electron chi connectivity index (χ2n) is 7.22. The number of hydrogen-bond donors (Lipinski definition) is 1. The average molecular weight is 394 g/mol. The van der Waals surface area contributed by atoms with Gasteiger partial charge in [-0.1, -0.05) is 12.1 Å². The zero-order chi connectivity index (χ0) is 20.4. The van der Waals surface area contributed by atoms with Gasteiger partial charge in [-0.25, -0.2) is 0 Å². The molecular weight excluding hydrogens is 368 g/mol. The minimum atomic E-state index is 0.00764. The number of para-hydroxylation sites is 1. The molecule has 3 aromatic rings. The number of ether oxygens (including phenoxy) is 3. The highest BCUT2D eigenvalue weighted by Crippen LogP contribution is 2.39. The van der Waals surface area contributed by atoms with Crippen molar-refractivity contribution in [2.75, 3.05) is 21.3 Å². The Kier molecular flexibility index (Phi) is 5.34. The number of carbonyl (C=O) groups is 1. The summed E-state index contributed by atoms with van der Waals surface area (Å²) < 4.78 is 18.4. The Hall–Kier alpha value is -3.15. The van der Waals surface area contributed by atoms with Crippen molar-refractivity contribution < 1.29 is 19.0 Å². The van der Waals surface area contributed by atoms with Gasteiger partial charge in [0.25, 0.3) is 0 Å². The molecule has 29 heavy (non-hydrogen) atoms. The van der Waals surface area contributed by atoms with Gasteiger partial charge in [0, 0.05) is 24.5 Å². The second kappa shape index (κ2) is 8.07. The molecule has 0 saturated carbocycles. The second-order valence-corrected chi connectivity index (χ2v) is 7.22. The number of fused-ring (bicyclic) bond motifs is 2. The predicted octanol–water partition coefficient (Wildman–Crippen LogP) is 3.86. The number of aryl methyl sites for hydroxylation is 2. The lowest BCUT2D eigenvalue weighted by Crippen LogP contribution is -2.27. The summed E-state index contributed by atoms with van der Waals surface area (Å²) in [6.45, 7) is 0.598. The Morgan fingerprint density at radius 1 is 1.07 bits per heavy atom. The molecule has 1 aromatic heterocycles. The molecule has 152 valence electrons. The van der Waals surface area contributed by atoms with Crippen LogP contribution >= 0.6 is 0 Å². The Morgan fingerprint density at radius 2 is 1.83 bits per heavy atom. The van der Waals surface area contributed by atoms with E-state index in [0.29, 0.717) is 18.7 Å². The van der Waals surface area contributed by atoms with Crippen molar-refractivity contribution in [2.24, 2.45) is 0 Å². The van der Waals surface area contributed by atoms with E-state index in [4.69, 9.17) is 14.2 Å². The first-order valence-electron chi connectivity index (χ1n) is 9.80. The highest BCUT2D eigenvalue weighted by atomic mass is 16.5. The van der Waals surface area contributed by atoms with Crippen molar-refractivity contribution in [3.05, 3.63) is 53.7 Å². The molecule has 1 amide bonds. The van der Waals surface area contributed by atoms with Crippen LogP contribution in [0.2, 0.25) is 0 Å². The van der Waals surface area contributed by atoms with E-state index in [1.165, 1.54) is 5.56 Å². The summed E-state index contributed by atoms with van der Waals surface area (Å²) in [4.78, 5) is 12.7. The number of nitrogens with zero attached hydrogens (tertiary/aromatic N) is 1. The first kappa shape index (κ1) is 19.2. The molecule has 0 fully saturated rings. The molecule has 0 aliphatic heterocycles. The van der Waals surface area contributed by atoms with Gasteiger partial charge < -0.3 is 24.1 Å². The van der Waals surface area contributed by atoms with E-state index in [1.807, 2.05) is 42.6 Å². The maximum Gasteiger partial charge on any atom is 0.222 e. The summed E-state index contributed by atoms with van der Waals surface area (Å²) in [5.74, 6) is 2.28. The number of benzene rings is 2. The van der Waals surface area contributed by atoms with E-state index in [9.17, 15) is 4.79 Å². The van der Waals surface area contributed by atoms with Crippen molar-refractivity contribution in [2.45, 2.75) is 31.8 Å². The molecule has 0 bridgehead atoms. The number of hydrogen-bond acceptors (Lipinski definition) is 4. The topological polar surface area (TPSA) is 61.7 Å². The summed E-state index contributed by atoms with van der Waals surface area (Å²) in [6.07, 6.45) is 4.21. The lowest BCUT2D eigenvalue weighted by Gasteiger charge is -2.16. The Bertz CT molecular complexity index is 1040. The normalized spacial score (nSPS) is 15.2. The molecule has 1 atom stereocenters. The van der Waals surface area contributed by atoms with Gasteiger partial charge in [-0.15, -0.1) is 0 Å². The zero-order valence-electron chi connectivity index (χ0n) is 17.0. The number of rotatable bonds is 7. The van der Waals surface area contributed by atoms with E-state index < -0.39 is 0 Å². The fraction of sp³-hybridized carbons (Fsp3) is 0.348. The maximum atomic E-state index is 12.7. The quantitative estimate of drug-likeness (QED) is 0.661. The van der Waals surface area contributed by atoms with Crippen LogP contribution < -0.4 is 19.5 Å². The van der Waals surface area contributed by atoms with Gasteiger partial charge in [-0.2, -0.15) is 0 Å². The Labute approximate surface area is 170 Å². The number of methoxy groups -OCH3 is 3. The van der Waals surface area contributed by atoms with Crippen LogP contribution in [0.25, 0.3) is 10.9 Å². The van der Waals surface area contributed by atoms with Gasteiger partial charge in [-0.3, -0.25) is 4.79 Å². The van der Waals surface area contributed by atoms with Crippen LogP contribution in [-0.4, -0.2) is 31.8 Å². The van der Waals surface area contributed by atoms with Crippen LogP contribution in [-0.2, 0) is 17.8 Å². The third kappa shape index (κ3) is 3.62. The summed E-state index contributed by atoms with van der Waals surface area (Å²) >= 11 is 0. The van der Waals surface area contributed by atoms with Gasteiger partial charge >= 0.3 is 0 Å². The molecule has 2 aromatic carbocycles. The van der Waals surface area contributed by atoms with Crippen LogP contribution in [0.4, 0.5) is 0 Å². The fourth-order valence-electron chi connectivity index (χ4n) is 4.15. The number of amides is 1. The minimum Gasteiger partial charge on any atom is -0.495 e. The molecule has 4 rings (SSSR count). The van der Waals surface area contributed by atoms with Gasteiger partial charge in [0.15, 0.2) is 11.5 Å². The van der Waals surface area contributed by atoms with E-state index in [-0.39, 0.29) is 11.9 Å². The van der Waals surface area contributed by atoms with Crippen molar-refractivity contribution in [3.63, 3.8) is 0 Å². The summed E-state index contributed by atoms with van der Waals surface area (Å²) in [5.41, 5.74) is 3.34. The maximum absolute atomic E-state index is 12.7. The van der Waals surface area contributed by atoms with Crippen molar-refractivity contribution in [3.8, 4) is 17.2 Å². The van der Waals surface area contributed by atoms with E-state index in [2.05, 4.69) is 9.88 Å². The molecular formula is C23H26N2O4. The third-order valence-electron chi connectivity index (χ3n) is 5.61. The lowest BCUT2D eigenvalue weighted by molar-refractivity contribution is -0.122. The molecule has 1 aliphatic carbocycles. The Morgan fingerprint density at radius 3 is 2.59 bits per heavy atom. The first-order valence-corrected chi connectivity index (χ1v) is 9.80. The van der Waals surface area contributed by atoms with Crippen LogP contribution in [0.15, 0.2) is 42.6 Å². The Balaban J connectivity index is 1.45. The number of aromatic nitrogens is 1.